The molecule has 2 N–H and O–H groups in total. The molecule has 0 saturated carbocycles. The first-order chi connectivity index (χ1) is 16.0. The van der Waals surface area contributed by atoms with Gasteiger partial charge in [0.1, 0.15) is 17.6 Å². The summed E-state index contributed by atoms with van der Waals surface area (Å²) in [6.07, 6.45) is 0.988. The van der Waals surface area contributed by atoms with Crippen LogP contribution < -0.4 is 14.8 Å². The van der Waals surface area contributed by atoms with Gasteiger partial charge >= 0.3 is 5.97 Å². The molecule has 0 aliphatic carbocycles. The van der Waals surface area contributed by atoms with Crippen molar-refractivity contribution in [2.24, 2.45) is 0 Å². The largest absolute Gasteiger partial charge is 0.507 e. The fraction of sp³-hybridized carbons (Fsp3) is 0.269. The number of esters is 1. The lowest BCUT2D eigenvalue weighted by molar-refractivity contribution is -0.143. The molecule has 0 spiro atoms. The standard InChI is InChI=1S/C26H28FNO5/c1-31-22-12-11-18(15-23(22)32-2)21-16-20(27)14-19(25(21)29)10-7-13-28-24(26(30)33-3)17-8-5-4-6-9-17/h4-6,8-9,11-12,14-16,24,28-29H,7,10,13H2,1-3H3. The molecule has 3 aromatic rings. The Labute approximate surface area is 192 Å². The van der Waals surface area contributed by atoms with Gasteiger partial charge in [-0.3, -0.25) is 0 Å². The van der Waals surface area contributed by atoms with Crippen LogP contribution >= 0.6 is 0 Å². The van der Waals surface area contributed by atoms with Gasteiger partial charge in [-0.15, -0.1) is 0 Å². The molecule has 1 atom stereocenters. The molecule has 174 valence electrons. The molecule has 0 aromatic heterocycles. The quantitative estimate of drug-likeness (QED) is 0.344. The van der Waals surface area contributed by atoms with Crippen molar-refractivity contribution < 1.29 is 28.5 Å². The van der Waals surface area contributed by atoms with E-state index in [1.807, 2.05) is 30.3 Å². The van der Waals surface area contributed by atoms with Crippen LogP contribution in [0.1, 0.15) is 23.6 Å². The SMILES string of the molecule is COC(=O)C(NCCCc1cc(F)cc(-c2ccc(OC)c(OC)c2)c1O)c1ccccc1. The minimum absolute atomic E-state index is 0.0104. The highest BCUT2D eigenvalue weighted by atomic mass is 19.1. The monoisotopic (exact) mass is 453 g/mol. The Bertz CT molecular complexity index is 1090. The number of ether oxygens (including phenoxy) is 3. The van der Waals surface area contributed by atoms with E-state index >= 15 is 0 Å². The molecule has 7 heteroatoms. The van der Waals surface area contributed by atoms with E-state index in [0.717, 1.165) is 5.56 Å². The molecule has 0 aliphatic heterocycles. The lowest BCUT2D eigenvalue weighted by atomic mass is 9.98. The number of phenolic OH excluding ortho intramolecular Hbond substituents is 1. The zero-order valence-corrected chi connectivity index (χ0v) is 18.9. The second-order valence-corrected chi connectivity index (χ2v) is 7.46. The molecule has 33 heavy (non-hydrogen) atoms. The van der Waals surface area contributed by atoms with Gasteiger partial charge in [-0.25, -0.2) is 9.18 Å². The van der Waals surface area contributed by atoms with Crippen molar-refractivity contribution >= 4 is 5.97 Å². The van der Waals surface area contributed by atoms with Gasteiger partial charge in [0.05, 0.1) is 21.3 Å². The Balaban J connectivity index is 1.73. The lowest BCUT2D eigenvalue weighted by Gasteiger charge is -2.17. The van der Waals surface area contributed by atoms with Crippen molar-refractivity contribution in [3.05, 3.63) is 77.6 Å². The van der Waals surface area contributed by atoms with E-state index < -0.39 is 11.9 Å². The van der Waals surface area contributed by atoms with Crippen LogP contribution in [0.25, 0.3) is 11.1 Å². The summed E-state index contributed by atoms with van der Waals surface area (Å²) in [6.45, 7) is 0.469. The summed E-state index contributed by atoms with van der Waals surface area (Å²) in [4.78, 5) is 12.2. The van der Waals surface area contributed by atoms with E-state index in [9.17, 15) is 14.3 Å². The number of carbonyl (C=O) groups excluding carboxylic acids is 1. The summed E-state index contributed by atoms with van der Waals surface area (Å²) in [5.74, 6) is 0.209. The van der Waals surface area contributed by atoms with E-state index in [2.05, 4.69) is 5.32 Å². The summed E-state index contributed by atoms with van der Waals surface area (Å²) in [5, 5.41) is 14.0. The van der Waals surface area contributed by atoms with Crippen molar-refractivity contribution in [3.8, 4) is 28.4 Å². The average Bonchev–Trinajstić information content (AvgIpc) is 2.85. The maximum Gasteiger partial charge on any atom is 0.327 e. The second-order valence-electron chi connectivity index (χ2n) is 7.46. The highest BCUT2D eigenvalue weighted by molar-refractivity contribution is 5.77. The van der Waals surface area contributed by atoms with Crippen LogP contribution in [0.5, 0.6) is 17.2 Å². The van der Waals surface area contributed by atoms with E-state index in [1.54, 1.807) is 18.2 Å². The Hall–Kier alpha value is -3.58. The minimum atomic E-state index is -0.598. The third kappa shape index (κ3) is 5.81. The molecule has 0 bridgehead atoms. The molecule has 0 saturated heterocycles. The number of hydrogen-bond acceptors (Lipinski definition) is 6. The molecule has 0 radical (unpaired) electrons. The number of rotatable bonds is 10. The smallest absolute Gasteiger partial charge is 0.327 e. The normalized spacial score (nSPS) is 11.6. The summed E-state index contributed by atoms with van der Waals surface area (Å²) >= 11 is 0. The van der Waals surface area contributed by atoms with Gasteiger partial charge < -0.3 is 24.6 Å². The molecular formula is C26H28FNO5. The summed E-state index contributed by atoms with van der Waals surface area (Å²) in [6, 6.07) is 16.4. The molecule has 3 aromatic carbocycles. The molecule has 1 unspecified atom stereocenters. The third-order valence-corrected chi connectivity index (χ3v) is 5.39. The summed E-state index contributed by atoms with van der Waals surface area (Å²) in [5.41, 5.74) is 2.26. The van der Waals surface area contributed by atoms with Crippen molar-refractivity contribution in [2.45, 2.75) is 18.9 Å². The van der Waals surface area contributed by atoms with Crippen LogP contribution in [0.3, 0.4) is 0 Å². The van der Waals surface area contributed by atoms with E-state index in [4.69, 9.17) is 14.2 Å². The highest BCUT2D eigenvalue weighted by Gasteiger charge is 2.20. The molecular weight excluding hydrogens is 425 g/mol. The van der Waals surface area contributed by atoms with Gasteiger partial charge in [0.25, 0.3) is 0 Å². The Morgan fingerprint density at radius 1 is 1.00 bits per heavy atom. The van der Waals surface area contributed by atoms with Crippen LogP contribution in [-0.2, 0) is 16.0 Å². The van der Waals surface area contributed by atoms with Crippen LogP contribution in [-0.4, -0.2) is 38.9 Å². The predicted molar refractivity (Wildman–Crippen MR) is 124 cm³/mol. The average molecular weight is 454 g/mol. The Morgan fingerprint density at radius 3 is 2.39 bits per heavy atom. The van der Waals surface area contributed by atoms with Crippen molar-refractivity contribution in [1.29, 1.82) is 0 Å². The molecule has 0 aliphatic rings. The molecule has 0 amide bonds. The van der Waals surface area contributed by atoms with Crippen LogP contribution in [0.4, 0.5) is 4.39 Å². The maximum absolute atomic E-state index is 14.4. The van der Waals surface area contributed by atoms with Crippen LogP contribution in [0.15, 0.2) is 60.7 Å². The van der Waals surface area contributed by atoms with E-state index in [-0.39, 0.29) is 11.7 Å². The van der Waals surface area contributed by atoms with Gasteiger partial charge in [-0.1, -0.05) is 36.4 Å². The van der Waals surface area contributed by atoms with Crippen molar-refractivity contribution in [1.82, 2.24) is 5.32 Å². The van der Waals surface area contributed by atoms with Gasteiger partial charge in [0.15, 0.2) is 11.5 Å². The maximum atomic E-state index is 14.4. The minimum Gasteiger partial charge on any atom is -0.507 e. The first-order valence-electron chi connectivity index (χ1n) is 10.6. The molecule has 3 rings (SSSR count). The Morgan fingerprint density at radius 2 is 1.73 bits per heavy atom. The zero-order chi connectivity index (χ0) is 23.8. The first-order valence-corrected chi connectivity index (χ1v) is 10.6. The first kappa shape index (κ1) is 24.1. The van der Waals surface area contributed by atoms with Gasteiger partial charge in [0.2, 0.25) is 0 Å². The molecule has 0 fully saturated rings. The number of benzene rings is 3. The zero-order valence-electron chi connectivity index (χ0n) is 18.9. The van der Waals surface area contributed by atoms with Gasteiger partial charge in [-0.2, -0.15) is 0 Å². The van der Waals surface area contributed by atoms with Crippen LogP contribution in [0, 0.1) is 5.82 Å². The highest BCUT2D eigenvalue weighted by Crippen LogP contribution is 2.38. The molecule has 0 heterocycles. The number of methoxy groups -OCH3 is 3. The third-order valence-electron chi connectivity index (χ3n) is 5.39. The van der Waals surface area contributed by atoms with Crippen LogP contribution in [0.2, 0.25) is 0 Å². The van der Waals surface area contributed by atoms with Gasteiger partial charge in [0, 0.05) is 5.56 Å². The van der Waals surface area contributed by atoms with E-state index in [1.165, 1.54) is 33.5 Å². The lowest BCUT2D eigenvalue weighted by Crippen LogP contribution is -2.30. The fourth-order valence-electron chi connectivity index (χ4n) is 3.70. The number of hydrogen-bond donors (Lipinski definition) is 2. The summed E-state index contributed by atoms with van der Waals surface area (Å²) in [7, 11) is 4.40. The number of carbonyl (C=O) groups is 1. The second kappa shape index (κ2) is 11.3. The van der Waals surface area contributed by atoms with Gasteiger partial charge in [-0.05, 0) is 60.3 Å². The number of aryl methyl sites for hydroxylation is 1. The number of aromatic hydroxyl groups is 1. The topological polar surface area (TPSA) is 77.0 Å². The van der Waals surface area contributed by atoms with E-state index in [0.29, 0.717) is 47.6 Å². The predicted octanol–water partition coefficient (Wildman–Crippen LogP) is 4.65. The van der Waals surface area contributed by atoms with Crippen molar-refractivity contribution in [3.63, 3.8) is 0 Å². The number of nitrogens with one attached hydrogen (secondary N) is 1. The number of phenols is 1. The fourth-order valence-corrected chi connectivity index (χ4v) is 3.70. The summed E-state index contributed by atoms with van der Waals surface area (Å²) < 4.78 is 29.9. The number of halogens is 1. The molecule has 6 nitrogen and oxygen atoms in total. The Kier molecular flexibility index (Phi) is 8.27. The van der Waals surface area contributed by atoms with Crippen molar-refractivity contribution in [2.75, 3.05) is 27.9 Å².